The van der Waals surface area contributed by atoms with Crippen LogP contribution in [-0.4, -0.2) is 26.4 Å². The Morgan fingerprint density at radius 3 is 2.11 bits per heavy atom. The minimum atomic E-state index is -1.47. The van der Waals surface area contributed by atoms with Crippen LogP contribution in [0.1, 0.15) is 10.4 Å². The molecule has 0 bridgehead atoms. The van der Waals surface area contributed by atoms with Crippen LogP contribution in [0.25, 0.3) is 11.1 Å². The highest BCUT2D eigenvalue weighted by Crippen LogP contribution is 2.43. The predicted octanol–water partition coefficient (Wildman–Crippen LogP) is 2.17. The minimum absolute atomic E-state index is 0.0224. The van der Waals surface area contributed by atoms with E-state index in [0.29, 0.717) is 5.56 Å². The maximum Gasteiger partial charge on any atom is 0.343 e. The van der Waals surface area contributed by atoms with Crippen molar-refractivity contribution in [2.45, 2.75) is 0 Å². The first-order valence-corrected chi connectivity index (χ1v) is 5.09. The number of hydrogen-bond donors (Lipinski definition) is 4. The maximum atomic E-state index is 10.9. The molecule has 92 valence electrons. The zero-order valence-electron chi connectivity index (χ0n) is 9.16. The fourth-order valence-corrected chi connectivity index (χ4v) is 1.74. The molecule has 0 aromatic heterocycles. The average Bonchev–Trinajstić information content (AvgIpc) is 2.28. The first-order chi connectivity index (χ1) is 8.52. The second-order valence-corrected chi connectivity index (χ2v) is 3.68. The van der Waals surface area contributed by atoms with Crippen molar-refractivity contribution in [3.8, 4) is 28.4 Å². The van der Waals surface area contributed by atoms with Gasteiger partial charge in [0.05, 0.1) is 5.56 Å². The van der Waals surface area contributed by atoms with Crippen LogP contribution in [0.5, 0.6) is 17.2 Å². The normalized spacial score (nSPS) is 10.2. The lowest BCUT2D eigenvalue weighted by atomic mass is 9.99. The third kappa shape index (κ3) is 1.82. The van der Waals surface area contributed by atoms with Crippen LogP contribution < -0.4 is 0 Å². The number of carboxylic acid groups (broad SMARTS) is 1. The first kappa shape index (κ1) is 11.8. The molecule has 0 radical (unpaired) electrons. The molecular formula is C13H10O5. The number of carbonyl (C=O) groups is 1. The molecule has 0 aliphatic heterocycles. The van der Waals surface area contributed by atoms with E-state index in [0.717, 1.165) is 6.07 Å². The summed E-state index contributed by atoms with van der Waals surface area (Å²) in [5, 5.41) is 37.9. The number of aromatic carboxylic acids is 1. The van der Waals surface area contributed by atoms with E-state index in [4.69, 9.17) is 5.11 Å². The van der Waals surface area contributed by atoms with Gasteiger partial charge in [0, 0.05) is 6.07 Å². The molecule has 0 saturated carbocycles. The Hall–Kier alpha value is -2.69. The van der Waals surface area contributed by atoms with Crippen molar-refractivity contribution in [2.75, 3.05) is 0 Å². The highest BCUT2D eigenvalue weighted by molar-refractivity contribution is 5.98. The SMILES string of the molecule is O=C(O)c1c(O)cc(O)c(-c2ccccc2)c1O. The standard InChI is InChI=1S/C13H10O5/c14-8-6-9(15)11(13(17)18)12(16)10(8)7-4-2-1-3-5-7/h1-6,14-16H,(H,17,18). The number of phenolic OH excluding ortho intramolecular Hbond substituents is 1. The van der Waals surface area contributed by atoms with E-state index < -0.39 is 23.0 Å². The van der Waals surface area contributed by atoms with Crippen molar-refractivity contribution in [3.05, 3.63) is 42.0 Å². The topological polar surface area (TPSA) is 98.0 Å². The highest BCUT2D eigenvalue weighted by atomic mass is 16.4. The van der Waals surface area contributed by atoms with Crippen molar-refractivity contribution >= 4 is 5.97 Å². The van der Waals surface area contributed by atoms with E-state index >= 15 is 0 Å². The Kier molecular flexibility index (Phi) is 2.81. The maximum absolute atomic E-state index is 10.9. The van der Waals surface area contributed by atoms with Gasteiger partial charge in [-0.15, -0.1) is 0 Å². The van der Waals surface area contributed by atoms with Crippen LogP contribution in [0.15, 0.2) is 36.4 Å². The molecule has 4 N–H and O–H groups in total. The molecule has 0 aliphatic rings. The van der Waals surface area contributed by atoms with E-state index in [2.05, 4.69) is 0 Å². The van der Waals surface area contributed by atoms with Gasteiger partial charge in [0.2, 0.25) is 0 Å². The Labute approximate surface area is 102 Å². The van der Waals surface area contributed by atoms with Crippen molar-refractivity contribution in [2.24, 2.45) is 0 Å². The number of rotatable bonds is 2. The molecule has 5 heteroatoms. The summed E-state index contributed by atoms with van der Waals surface area (Å²) < 4.78 is 0. The average molecular weight is 246 g/mol. The lowest BCUT2D eigenvalue weighted by Gasteiger charge is -2.11. The molecular weight excluding hydrogens is 236 g/mol. The highest BCUT2D eigenvalue weighted by Gasteiger charge is 2.22. The van der Waals surface area contributed by atoms with Crippen LogP contribution in [0, 0.1) is 0 Å². The van der Waals surface area contributed by atoms with Crippen LogP contribution in [0.2, 0.25) is 0 Å². The molecule has 0 fully saturated rings. The minimum Gasteiger partial charge on any atom is -0.507 e. The summed E-state index contributed by atoms with van der Waals surface area (Å²) in [4.78, 5) is 10.9. The van der Waals surface area contributed by atoms with Gasteiger partial charge in [0.25, 0.3) is 0 Å². The molecule has 2 aromatic rings. The van der Waals surface area contributed by atoms with Crippen molar-refractivity contribution in [3.63, 3.8) is 0 Å². The molecule has 0 atom stereocenters. The summed E-state index contributed by atoms with van der Waals surface area (Å²) in [5.41, 5.74) is -0.201. The van der Waals surface area contributed by atoms with Gasteiger partial charge in [0.15, 0.2) is 0 Å². The lowest BCUT2D eigenvalue weighted by Crippen LogP contribution is -1.99. The molecule has 0 aliphatic carbocycles. The molecule has 2 rings (SSSR count). The number of phenols is 3. The molecule has 0 unspecified atom stereocenters. The molecule has 0 amide bonds. The summed E-state index contributed by atoms with van der Waals surface area (Å²) in [6.07, 6.45) is 0. The van der Waals surface area contributed by atoms with Crippen LogP contribution in [0.4, 0.5) is 0 Å². The summed E-state index contributed by atoms with van der Waals surface area (Å²) in [7, 11) is 0. The Balaban J connectivity index is 2.76. The van der Waals surface area contributed by atoms with E-state index in [1.165, 1.54) is 0 Å². The predicted molar refractivity (Wildman–Crippen MR) is 63.8 cm³/mol. The third-order valence-corrected chi connectivity index (χ3v) is 2.54. The second kappa shape index (κ2) is 4.29. The van der Waals surface area contributed by atoms with Gasteiger partial charge in [-0.3, -0.25) is 0 Å². The van der Waals surface area contributed by atoms with Gasteiger partial charge in [-0.1, -0.05) is 30.3 Å². The van der Waals surface area contributed by atoms with Crippen molar-refractivity contribution in [1.82, 2.24) is 0 Å². The van der Waals surface area contributed by atoms with E-state index in [1.807, 2.05) is 0 Å². The van der Waals surface area contributed by atoms with Crippen LogP contribution in [-0.2, 0) is 0 Å². The lowest BCUT2D eigenvalue weighted by molar-refractivity contribution is 0.0690. The van der Waals surface area contributed by atoms with Gasteiger partial charge >= 0.3 is 5.97 Å². The number of benzene rings is 2. The Bertz CT molecular complexity index is 605. The first-order valence-electron chi connectivity index (χ1n) is 5.09. The van der Waals surface area contributed by atoms with Gasteiger partial charge in [-0.2, -0.15) is 0 Å². The van der Waals surface area contributed by atoms with Gasteiger partial charge in [-0.05, 0) is 5.56 Å². The molecule has 5 nitrogen and oxygen atoms in total. The largest absolute Gasteiger partial charge is 0.507 e. The Morgan fingerprint density at radius 1 is 0.944 bits per heavy atom. The number of aromatic hydroxyl groups is 3. The third-order valence-electron chi connectivity index (χ3n) is 2.54. The van der Waals surface area contributed by atoms with Crippen LogP contribution in [0.3, 0.4) is 0 Å². The van der Waals surface area contributed by atoms with E-state index in [-0.39, 0.29) is 11.3 Å². The summed E-state index contributed by atoms with van der Waals surface area (Å²) in [6, 6.07) is 9.22. The van der Waals surface area contributed by atoms with Gasteiger partial charge in [0.1, 0.15) is 22.8 Å². The van der Waals surface area contributed by atoms with Crippen molar-refractivity contribution < 1.29 is 25.2 Å². The second-order valence-electron chi connectivity index (χ2n) is 3.68. The fourth-order valence-electron chi connectivity index (χ4n) is 1.74. The monoisotopic (exact) mass is 246 g/mol. The van der Waals surface area contributed by atoms with Crippen molar-refractivity contribution in [1.29, 1.82) is 0 Å². The zero-order valence-corrected chi connectivity index (χ0v) is 9.16. The van der Waals surface area contributed by atoms with Gasteiger partial charge < -0.3 is 20.4 Å². The number of carboxylic acids is 1. The molecule has 0 heterocycles. The van der Waals surface area contributed by atoms with Crippen LogP contribution >= 0.6 is 0 Å². The Morgan fingerprint density at radius 2 is 1.56 bits per heavy atom. The quantitative estimate of drug-likeness (QED) is 0.651. The summed E-state index contributed by atoms with van der Waals surface area (Å²) in [6.45, 7) is 0. The van der Waals surface area contributed by atoms with Gasteiger partial charge in [-0.25, -0.2) is 4.79 Å². The van der Waals surface area contributed by atoms with E-state index in [1.54, 1.807) is 30.3 Å². The molecule has 18 heavy (non-hydrogen) atoms. The molecule has 0 spiro atoms. The summed E-state index contributed by atoms with van der Waals surface area (Å²) in [5.74, 6) is -3.20. The smallest absolute Gasteiger partial charge is 0.343 e. The zero-order chi connectivity index (χ0) is 13.3. The number of hydrogen-bond acceptors (Lipinski definition) is 4. The van der Waals surface area contributed by atoms with E-state index in [9.17, 15) is 20.1 Å². The molecule has 2 aromatic carbocycles. The molecule has 0 saturated heterocycles. The fraction of sp³-hybridized carbons (Fsp3) is 0. The summed E-state index contributed by atoms with van der Waals surface area (Å²) >= 11 is 0.